The van der Waals surface area contributed by atoms with Crippen LogP contribution in [0.5, 0.6) is 0 Å². The van der Waals surface area contributed by atoms with Crippen molar-refractivity contribution in [1.82, 2.24) is 0 Å². The number of hydrogen-bond donors (Lipinski definition) is 2. The first kappa shape index (κ1) is 16.4. The van der Waals surface area contributed by atoms with Crippen molar-refractivity contribution in [1.29, 1.82) is 0 Å². The molecular formula is C11H14FIN2O3S. The zero-order valence-corrected chi connectivity index (χ0v) is 13.4. The van der Waals surface area contributed by atoms with E-state index in [1.165, 1.54) is 17.8 Å². The highest BCUT2D eigenvalue weighted by Gasteiger charge is 2.22. The standard InChI is InChI=1S/C11H14FIN2O3S/c1-6(11(5-16)19-2)14-9-3-7(12)8(13)4-10(9)15(17)18/h3-4,6,11,14,16H,5H2,1-2H3. The van der Waals surface area contributed by atoms with Gasteiger partial charge in [0.05, 0.1) is 15.1 Å². The molecule has 0 bridgehead atoms. The lowest BCUT2D eigenvalue weighted by atomic mass is 10.2. The van der Waals surface area contributed by atoms with Gasteiger partial charge in [-0.25, -0.2) is 4.39 Å². The first-order valence-corrected chi connectivity index (χ1v) is 7.81. The number of aliphatic hydroxyl groups excluding tert-OH is 1. The topological polar surface area (TPSA) is 75.4 Å². The van der Waals surface area contributed by atoms with Gasteiger partial charge in [-0.2, -0.15) is 11.8 Å². The number of halogens is 2. The van der Waals surface area contributed by atoms with Crippen LogP contribution in [-0.4, -0.2) is 34.2 Å². The van der Waals surface area contributed by atoms with E-state index in [0.717, 1.165) is 6.07 Å². The number of hydrogen-bond acceptors (Lipinski definition) is 5. The first-order valence-electron chi connectivity index (χ1n) is 5.44. The lowest BCUT2D eigenvalue weighted by molar-refractivity contribution is -0.384. The molecule has 0 aliphatic carbocycles. The summed E-state index contributed by atoms with van der Waals surface area (Å²) in [4.78, 5) is 10.4. The minimum atomic E-state index is -0.552. The van der Waals surface area contributed by atoms with Gasteiger partial charge in [-0.1, -0.05) is 0 Å². The van der Waals surface area contributed by atoms with Crippen molar-refractivity contribution in [2.24, 2.45) is 0 Å². The van der Waals surface area contributed by atoms with E-state index in [4.69, 9.17) is 0 Å². The number of anilines is 1. The molecule has 19 heavy (non-hydrogen) atoms. The second kappa shape index (κ2) is 7.25. The Bertz CT molecular complexity index is 471. The molecule has 1 aromatic rings. The fourth-order valence-electron chi connectivity index (χ4n) is 1.58. The third-order valence-corrected chi connectivity index (χ3v) is 4.65. The fourth-order valence-corrected chi connectivity index (χ4v) is 2.65. The summed E-state index contributed by atoms with van der Waals surface area (Å²) in [5.41, 5.74) is -0.0432. The maximum absolute atomic E-state index is 13.5. The number of rotatable bonds is 6. The normalized spacial score (nSPS) is 13.9. The maximum Gasteiger partial charge on any atom is 0.293 e. The molecule has 0 saturated heterocycles. The second-order valence-electron chi connectivity index (χ2n) is 3.93. The van der Waals surface area contributed by atoms with E-state index in [2.05, 4.69) is 5.32 Å². The average molecular weight is 400 g/mol. The minimum Gasteiger partial charge on any atom is -0.395 e. The van der Waals surface area contributed by atoms with Gasteiger partial charge in [0.15, 0.2) is 0 Å². The molecule has 0 spiro atoms. The number of nitrogens with zero attached hydrogens (tertiary/aromatic N) is 1. The van der Waals surface area contributed by atoms with E-state index < -0.39 is 10.7 Å². The molecule has 8 heteroatoms. The molecule has 1 aromatic carbocycles. The molecule has 0 saturated carbocycles. The van der Waals surface area contributed by atoms with E-state index in [1.807, 2.05) is 6.26 Å². The van der Waals surface area contributed by atoms with Crippen LogP contribution in [0.2, 0.25) is 0 Å². The highest BCUT2D eigenvalue weighted by atomic mass is 127. The Morgan fingerprint density at radius 2 is 2.26 bits per heavy atom. The highest BCUT2D eigenvalue weighted by molar-refractivity contribution is 14.1. The number of thioether (sulfide) groups is 1. The Hall–Kier alpha value is -0.610. The van der Waals surface area contributed by atoms with Crippen molar-refractivity contribution in [3.05, 3.63) is 31.6 Å². The Morgan fingerprint density at radius 1 is 1.63 bits per heavy atom. The van der Waals surface area contributed by atoms with Gasteiger partial charge < -0.3 is 10.4 Å². The van der Waals surface area contributed by atoms with Crippen molar-refractivity contribution in [2.45, 2.75) is 18.2 Å². The van der Waals surface area contributed by atoms with Gasteiger partial charge in [-0.15, -0.1) is 0 Å². The second-order valence-corrected chi connectivity index (χ2v) is 6.17. The molecule has 2 N–H and O–H groups in total. The van der Waals surface area contributed by atoms with Gasteiger partial charge in [-0.3, -0.25) is 10.1 Å². The SMILES string of the molecule is CSC(CO)C(C)Nc1cc(F)c(I)cc1[N+](=O)[O-]. The van der Waals surface area contributed by atoms with Crippen LogP contribution in [-0.2, 0) is 0 Å². The Morgan fingerprint density at radius 3 is 2.74 bits per heavy atom. The molecule has 0 amide bonds. The van der Waals surface area contributed by atoms with Gasteiger partial charge in [0, 0.05) is 23.4 Å². The van der Waals surface area contributed by atoms with Gasteiger partial charge in [0.2, 0.25) is 0 Å². The number of aliphatic hydroxyl groups is 1. The quantitative estimate of drug-likeness (QED) is 0.437. The molecular weight excluding hydrogens is 386 g/mol. The zero-order valence-electron chi connectivity index (χ0n) is 10.4. The first-order chi connectivity index (χ1) is 8.90. The Labute approximate surface area is 128 Å². The zero-order chi connectivity index (χ0) is 14.6. The third kappa shape index (κ3) is 4.18. The summed E-state index contributed by atoms with van der Waals surface area (Å²) in [6.07, 6.45) is 1.84. The fraction of sp³-hybridized carbons (Fsp3) is 0.455. The molecule has 0 aliphatic heterocycles. The molecule has 2 atom stereocenters. The number of nitro benzene ring substituents is 1. The Balaban J connectivity index is 3.06. The molecule has 0 fully saturated rings. The summed E-state index contributed by atoms with van der Waals surface area (Å²) in [5, 5.41) is 22.9. The van der Waals surface area contributed by atoms with E-state index in [9.17, 15) is 19.6 Å². The van der Waals surface area contributed by atoms with Gasteiger partial charge in [-0.05, 0) is 35.8 Å². The molecule has 0 aliphatic rings. The van der Waals surface area contributed by atoms with Crippen LogP contribution in [0.4, 0.5) is 15.8 Å². The largest absolute Gasteiger partial charge is 0.395 e. The van der Waals surface area contributed by atoms with Crippen molar-refractivity contribution in [2.75, 3.05) is 18.2 Å². The van der Waals surface area contributed by atoms with E-state index in [0.29, 0.717) is 0 Å². The molecule has 2 unspecified atom stereocenters. The average Bonchev–Trinajstić information content (AvgIpc) is 2.34. The molecule has 0 heterocycles. The van der Waals surface area contributed by atoms with E-state index >= 15 is 0 Å². The smallest absolute Gasteiger partial charge is 0.293 e. The van der Waals surface area contributed by atoms with Crippen molar-refractivity contribution < 1.29 is 14.4 Å². The summed E-state index contributed by atoms with van der Waals surface area (Å²) in [6.45, 7) is 1.73. The monoisotopic (exact) mass is 400 g/mol. The summed E-state index contributed by atoms with van der Waals surface area (Å²) in [7, 11) is 0. The van der Waals surface area contributed by atoms with Gasteiger partial charge in [0.25, 0.3) is 5.69 Å². The maximum atomic E-state index is 13.5. The molecule has 1 rings (SSSR count). The van der Waals surface area contributed by atoms with Crippen molar-refractivity contribution >= 4 is 45.7 Å². The lowest BCUT2D eigenvalue weighted by Gasteiger charge is -2.22. The van der Waals surface area contributed by atoms with Crippen LogP contribution in [0.3, 0.4) is 0 Å². The summed E-state index contributed by atoms with van der Waals surface area (Å²) in [6, 6.07) is 2.08. The summed E-state index contributed by atoms with van der Waals surface area (Å²) in [5.74, 6) is -0.509. The number of nitro groups is 1. The number of nitrogens with one attached hydrogen (secondary N) is 1. The van der Waals surface area contributed by atoms with Crippen molar-refractivity contribution in [3.8, 4) is 0 Å². The van der Waals surface area contributed by atoms with Crippen LogP contribution in [0.15, 0.2) is 12.1 Å². The molecule has 0 radical (unpaired) electrons. The summed E-state index contributed by atoms with van der Waals surface area (Å²) < 4.78 is 13.7. The highest BCUT2D eigenvalue weighted by Crippen LogP contribution is 2.30. The minimum absolute atomic E-state index is 0.0595. The predicted octanol–water partition coefficient (Wildman–Crippen LogP) is 2.86. The van der Waals surface area contributed by atoms with Crippen LogP contribution in [0.1, 0.15) is 6.92 Å². The van der Waals surface area contributed by atoms with Crippen LogP contribution >= 0.6 is 34.4 Å². The molecule has 106 valence electrons. The van der Waals surface area contributed by atoms with E-state index in [-0.39, 0.29) is 32.8 Å². The molecule has 0 aromatic heterocycles. The van der Waals surface area contributed by atoms with Crippen LogP contribution in [0.25, 0.3) is 0 Å². The van der Waals surface area contributed by atoms with Gasteiger partial charge >= 0.3 is 0 Å². The molecule has 5 nitrogen and oxygen atoms in total. The van der Waals surface area contributed by atoms with Crippen molar-refractivity contribution in [3.63, 3.8) is 0 Å². The summed E-state index contributed by atoms with van der Waals surface area (Å²) >= 11 is 3.15. The van der Waals surface area contributed by atoms with E-state index in [1.54, 1.807) is 29.5 Å². The predicted molar refractivity (Wildman–Crippen MR) is 83.2 cm³/mol. The third-order valence-electron chi connectivity index (χ3n) is 2.66. The van der Waals surface area contributed by atoms with Crippen LogP contribution in [0, 0.1) is 19.5 Å². The van der Waals surface area contributed by atoms with Crippen LogP contribution < -0.4 is 5.32 Å². The number of benzene rings is 1. The lowest BCUT2D eigenvalue weighted by Crippen LogP contribution is -2.31. The van der Waals surface area contributed by atoms with Gasteiger partial charge in [0.1, 0.15) is 11.5 Å². The Kier molecular flexibility index (Phi) is 6.27.